The van der Waals surface area contributed by atoms with Gasteiger partial charge in [0.05, 0.1) is 7.11 Å². The lowest BCUT2D eigenvalue weighted by Crippen LogP contribution is -2.12. The van der Waals surface area contributed by atoms with Crippen LogP contribution in [0.5, 0.6) is 5.75 Å². The fraction of sp³-hybridized carbons (Fsp3) is 0.231. The van der Waals surface area contributed by atoms with Gasteiger partial charge < -0.3 is 21.1 Å². The maximum Gasteiger partial charge on any atom is 0.269 e. The average Bonchev–Trinajstić information content (AvgIpc) is 2.81. The molecule has 1 aromatic carbocycles. The number of carbonyl (C=O) groups excluding carboxylic acids is 1. The van der Waals surface area contributed by atoms with Crippen LogP contribution in [-0.2, 0) is 0 Å². The molecule has 4 N–H and O–H groups in total. The number of hydrogen-bond donors (Lipinski definition) is 3. The molecule has 2 rings (SSSR count). The minimum absolute atomic E-state index is 0.233. The molecule has 0 unspecified atom stereocenters. The number of amides is 1. The highest BCUT2D eigenvalue weighted by Crippen LogP contribution is 2.26. The monoisotopic (exact) mass is 292 g/mol. The molecular weight excluding hydrogens is 276 g/mol. The topological polar surface area (TPSA) is 89.3 Å². The number of hydrogen-bond acceptors (Lipinski definition) is 6. The summed E-state index contributed by atoms with van der Waals surface area (Å²) in [7, 11) is 1.59. The van der Waals surface area contributed by atoms with Crippen LogP contribution >= 0.6 is 11.3 Å². The smallest absolute Gasteiger partial charge is 0.269 e. The first-order valence-corrected chi connectivity index (χ1v) is 6.91. The average molecular weight is 292 g/mol. The molecule has 6 nitrogen and oxygen atoms in total. The number of anilines is 3. The molecule has 0 aliphatic rings. The van der Waals surface area contributed by atoms with Gasteiger partial charge in [0, 0.05) is 12.2 Å². The molecule has 0 radical (unpaired) electrons. The van der Waals surface area contributed by atoms with Gasteiger partial charge in [-0.15, -0.1) is 0 Å². The number of ether oxygens (including phenoxy) is 1. The molecule has 1 amide bonds. The van der Waals surface area contributed by atoms with Crippen LogP contribution in [0.25, 0.3) is 0 Å². The van der Waals surface area contributed by atoms with Crippen LogP contribution in [0.4, 0.5) is 16.6 Å². The minimum atomic E-state index is -0.269. The van der Waals surface area contributed by atoms with Gasteiger partial charge in [-0.1, -0.05) is 11.3 Å². The van der Waals surface area contributed by atoms with E-state index in [9.17, 15) is 4.79 Å². The van der Waals surface area contributed by atoms with Crippen LogP contribution in [-0.4, -0.2) is 24.5 Å². The lowest BCUT2D eigenvalue weighted by molar-refractivity contribution is 0.103. The van der Waals surface area contributed by atoms with Crippen molar-refractivity contribution >= 4 is 33.9 Å². The van der Waals surface area contributed by atoms with E-state index < -0.39 is 0 Å². The molecule has 0 bridgehead atoms. The molecule has 0 atom stereocenters. The zero-order chi connectivity index (χ0) is 14.5. The van der Waals surface area contributed by atoms with Crippen LogP contribution in [0.15, 0.2) is 24.3 Å². The van der Waals surface area contributed by atoms with Gasteiger partial charge in [0.2, 0.25) is 0 Å². The Morgan fingerprint density at radius 1 is 1.40 bits per heavy atom. The Balaban J connectivity index is 2.10. The van der Waals surface area contributed by atoms with Gasteiger partial charge in [0.15, 0.2) is 5.13 Å². The molecule has 0 saturated carbocycles. The molecule has 7 heteroatoms. The molecule has 20 heavy (non-hydrogen) atoms. The number of aromatic nitrogens is 1. The van der Waals surface area contributed by atoms with Gasteiger partial charge in [-0.25, -0.2) is 4.98 Å². The van der Waals surface area contributed by atoms with Crippen molar-refractivity contribution in [3.05, 3.63) is 29.1 Å². The summed E-state index contributed by atoms with van der Waals surface area (Å²) in [6.07, 6.45) is 0. The Labute approximate surface area is 121 Å². The van der Waals surface area contributed by atoms with Gasteiger partial charge >= 0.3 is 0 Å². The first-order chi connectivity index (χ1) is 9.63. The highest BCUT2D eigenvalue weighted by Gasteiger charge is 2.16. The molecule has 0 spiro atoms. The Morgan fingerprint density at radius 2 is 2.10 bits per heavy atom. The summed E-state index contributed by atoms with van der Waals surface area (Å²) in [5, 5.41) is 6.45. The first kappa shape index (κ1) is 14.1. The summed E-state index contributed by atoms with van der Waals surface area (Å²) in [5.74, 6) is 0.695. The second-order valence-corrected chi connectivity index (χ2v) is 4.95. The van der Waals surface area contributed by atoms with E-state index >= 15 is 0 Å². The number of benzene rings is 1. The zero-order valence-corrected chi connectivity index (χ0v) is 12.1. The van der Waals surface area contributed by atoms with Gasteiger partial charge in [-0.05, 0) is 31.2 Å². The maximum atomic E-state index is 12.1. The number of rotatable bonds is 5. The van der Waals surface area contributed by atoms with E-state index in [0.29, 0.717) is 15.7 Å². The third-order valence-corrected chi connectivity index (χ3v) is 3.56. The molecule has 0 aliphatic carbocycles. The number of nitrogens with zero attached hydrogens (tertiary/aromatic N) is 1. The van der Waals surface area contributed by atoms with Gasteiger partial charge in [-0.3, -0.25) is 4.79 Å². The maximum absolute atomic E-state index is 12.1. The fourth-order valence-electron chi connectivity index (χ4n) is 1.58. The van der Waals surface area contributed by atoms with Crippen LogP contribution in [0.2, 0.25) is 0 Å². The summed E-state index contributed by atoms with van der Waals surface area (Å²) < 4.78 is 5.06. The third kappa shape index (κ3) is 3.18. The highest BCUT2D eigenvalue weighted by atomic mass is 32.1. The van der Waals surface area contributed by atoms with E-state index in [-0.39, 0.29) is 11.7 Å². The minimum Gasteiger partial charge on any atom is -0.497 e. The quantitative estimate of drug-likeness (QED) is 0.787. The Bertz CT molecular complexity index is 595. The second-order valence-electron chi connectivity index (χ2n) is 3.95. The Kier molecular flexibility index (Phi) is 4.41. The second kappa shape index (κ2) is 6.25. The Hall–Kier alpha value is -2.28. The molecule has 0 saturated heterocycles. The van der Waals surface area contributed by atoms with Crippen LogP contribution in [0, 0.1) is 0 Å². The largest absolute Gasteiger partial charge is 0.497 e. The van der Waals surface area contributed by atoms with Crippen LogP contribution in [0.1, 0.15) is 16.6 Å². The fourth-order valence-corrected chi connectivity index (χ4v) is 2.43. The van der Waals surface area contributed by atoms with Gasteiger partial charge in [-0.2, -0.15) is 0 Å². The van der Waals surface area contributed by atoms with E-state index in [2.05, 4.69) is 15.6 Å². The van der Waals surface area contributed by atoms with Crippen molar-refractivity contribution in [2.45, 2.75) is 6.92 Å². The molecule has 1 aromatic heterocycles. The standard InChI is InChI=1S/C13H16N4O2S/c1-3-15-13-17-11(14)10(20-13)12(18)16-8-4-6-9(19-2)7-5-8/h4-7H,3,14H2,1-2H3,(H,15,17)(H,16,18). The van der Waals surface area contributed by atoms with Crippen molar-refractivity contribution in [2.24, 2.45) is 0 Å². The predicted molar refractivity (Wildman–Crippen MR) is 81.6 cm³/mol. The summed E-state index contributed by atoms with van der Waals surface area (Å²) in [6, 6.07) is 7.07. The van der Waals surface area contributed by atoms with Crippen molar-refractivity contribution in [3.8, 4) is 5.75 Å². The number of thiazole rings is 1. The number of nitrogens with one attached hydrogen (secondary N) is 2. The van der Waals surface area contributed by atoms with Crippen molar-refractivity contribution in [3.63, 3.8) is 0 Å². The van der Waals surface area contributed by atoms with E-state index in [1.807, 2.05) is 6.92 Å². The van der Waals surface area contributed by atoms with Crippen LogP contribution in [0.3, 0.4) is 0 Å². The summed E-state index contributed by atoms with van der Waals surface area (Å²) in [5.41, 5.74) is 6.42. The van der Waals surface area contributed by atoms with Gasteiger partial charge in [0.1, 0.15) is 16.4 Å². The predicted octanol–water partition coefficient (Wildman–Crippen LogP) is 2.42. The molecule has 1 heterocycles. The van der Waals surface area contributed by atoms with Crippen molar-refractivity contribution < 1.29 is 9.53 Å². The molecule has 106 valence electrons. The summed E-state index contributed by atoms with van der Waals surface area (Å²) in [6.45, 7) is 2.68. The molecule has 2 aromatic rings. The van der Waals surface area contributed by atoms with Crippen LogP contribution < -0.4 is 21.1 Å². The number of methoxy groups -OCH3 is 1. The SMILES string of the molecule is CCNc1nc(N)c(C(=O)Nc2ccc(OC)cc2)s1. The first-order valence-electron chi connectivity index (χ1n) is 6.09. The van der Waals surface area contributed by atoms with Crippen molar-refractivity contribution in [1.82, 2.24) is 4.98 Å². The number of carbonyl (C=O) groups is 1. The molecule has 0 fully saturated rings. The van der Waals surface area contributed by atoms with E-state index in [0.717, 1.165) is 12.3 Å². The zero-order valence-electron chi connectivity index (χ0n) is 11.3. The van der Waals surface area contributed by atoms with E-state index in [4.69, 9.17) is 10.5 Å². The molecule has 0 aliphatic heterocycles. The third-order valence-electron chi connectivity index (χ3n) is 2.54. The molecular formula is C13H16N4O2S. The normalized spacial score (nSPS) is 10.1. The summed E-state index contributed by atoms with van der Waals surface area (Å²) in [4.78, 5) is 16.6. The van der Waals surface area contributed by atoms with Gasteiger partial charge in [0.25, 0.3) is 5.91 Å². The lowest BCUT2D eigenvalue weighted by atomic mass is 10.3. The Morgan fingerprint density at radius 3 is 2.70 bits per heavy atom. The number of nitrogens with two attached hydrogens (primary N) is 1. The highest BCUT2D eigenvalue weighted by molar-refractivity contribution is 7.18. The lowest BCUT2D eigenvalue weighted by Gasteiger charge is -2.05. The van der Waals surface area contributed by atoms with Crippen molar-refractivity contribution in [1.29, 1.82) is 0 Å². The number of nitrogen functional groups attached to an aromatic ring is 1. The summed E-state index contributed by atoms with van der Waals surface area (Å²) >= 11 is 1.24. The van der Waals surface area contributed by atoms with E-state index in [1.54, 1.807) is 31.4 Å². The van der Waals surface area contributed by atoms with Crippen molar-refractivity contribution in [2.75, 3.05) is 30.0 Å². The van der Waals surface area contributed by atoms with E-state index in [1.165, 1.54) is 11.3 Å².